The Morgan fingerprint density at radius 3 is 2.83 bits per heavy atom. The minimum Gasteiger partial charge on any atom is -0.380 e. The second-order valence-electron chi connectivity index (χ2n) is 5.66. The van der Waals surface area contributed by atoms with Crippen LogP contribution in [0.15, 0.2) is 42.7 Å². The zero-order chi connectivity index (χ0) is 16.2. The molecule has 1 saturated heterocycles. The second kappa shape index (κ2) is 6.75. The summed E-state index contributed by atoms with van der Waals surface area (Å²) in [7, 11) is 1.67. The maximum atomic E-state index is 12.7. The Morgan fingerprint density at radius 1 is 1.39 bits per heavy atom. The van der Waals surface area contributed by atoms with Crippen LogP contribution in [-0.2, 0) is 9.53 Å². The van der Waals surface area contributed by atoms with Crippen molar-refractivity contribution in [2.75, 3.05) is 13.7 Å². The molecule has 1 fully saturated rings. The van der Waals surface area contributed by atoms with Crippen LogP contribution < -0.4 is 0 Å². The van der Waals surface area contributed by atoms with Crippen molar-refractivity contribution in [1.82, 2.24) is 20.1 Å². The number of benzene rings is 1. The lowest BCUT2D eigenvalue weighted by Gasteiger charge is -2.21. The fourth-order valence-electron chi connectivity index (χ4n) is 2.90. The van der Waals surface area contributed by atoms with Gasteiger partial charge in [-0.1, -0.05) is 30.3 Å². The van der Waals surface area contributed by atoms with Gasteiger partial charge < -0.3 is 9.64 Å². The van der Waals surface area contributed by atoms with E-state index < -0.39 is 0 Å². The largest absolute Gasteiger partial charge is 0.380 e. The first-order valence-electron chi connectivity index (χ1n) is 7.61. The van der Waals surface area contributed by atoms with Gasteiger partial charge in [-0.3, -0.25) is 9.89 Å². The first kappa shape index (κ1) is 15.4. The van der Waals surface area contributed by atoms with Gasteiger partial charge in [-0.05, 0) is 18.1 Å². The van der Waals surface area contributed by atoms with Crippen LogP contribution in [0, 0.1) is 0 Å². The number of nitrogens with zero attached hydrogens (tertiary/aromatic N) is 3. The van der Waals surface area contributed by atoms with Gasteiger partial charge in [0.05, 0.1) is 12.1 Å². The smallest absolute Gasteiger partial charge is 0.247 e. The summed E-state index contributed by atoms with van der Waals surface area (Å²) in [4.78, 5) is 18.7. The first-order valence-corrected chi connectivity index (χ1v) is 7.61. The van der Waals surface area contributed by atoms with E-state index >= 15 is 0 Å². The van der Waals surface area contributed by atoms with E-state index in [1.165, 1.54) is 6.33 Å². The van der Waals surface area contributed by atoms with Crippen LogP contribution >= 0.6 is 0 Å². The number of likely N-dealkylation sites (tertiary alicyclic amines) is 1. The van der Waals surface area contributed by atoms with Crippen LogP contribution in [0.2, 0.25) is 0 Å². The maximum absolute atomic E-state index is 12.7. The molecule has 0 saturated carbocycles. The molecule has 1 aliphatic rings. The van der Waals surface area contributed by atoms with Crippen LogP contribution in [0.25, 0.3) is 5.57 Å². The van der Waals surface area contributed by atoms with Gasteiger partial charge in [0.25, 0.3) is 0 Å². The van der Waals surface area contributed by atoms with E-state index in [4.69, 9.17) is 4.74 Å². The lowest BCUT2D eigenvalue weighted by atomic mass is 10.1. The van der Waals surface area contributed by atoms with Gasteiger partial charge in [0.1, 0.15) is 12.2 Å². The Labute approximate surface area is 135 Å². The molecule has 0 spiro atoms. The predicted octanol–water partition coefficient (Wildman–Crippen LogP) is 2.20. The number of hydrogen-bond donors (Lipinski definition) is 1. The Balaban J connectivity index is 1.82. The molecule has 1 N–H and O–H groups in total. The molecule has 2 heterocycles. The molecule has 23 heavy (non-hydrogen) atoms. The van der Waals surface area contributed by atoms with Gasteiger partial charge in [0.2, 0.25) is 5.91 Å². The lowest BCUT2D eigenvalue weighted by Crippen LogP contribution is -2.31. The molecule has 0 unspecified atom stereocenters. The van der Waals surface area contributed by atoms with Crippen molar-refractivity contribution < 1.29 is 9.53 Å². The van der Waals surface area contributed by atoms with E-state index in [2.05, 4.69) is 15.2 Å². The molecule has 0 radical (unpaired) electrons. The predicted molar refractivity (Wildman–Crippen MR) is 86.3 cm³/mol. The number of aromatic amines is 1. The normalized spacial score (nSPS) is 21.7. The van der Waals surface area contributed by atoms with Crippen LogP contribution in [0.3, 0.4) is 0 Å². The molecule has 2 atom stereocenters. The van der Waals surface area contributed by atoms with Crippen molar-refractivity contribution in [1.29, 1.82) is 0 Å². The van der Waals surface area contributed by atoms with Gasteiger partial charge in [0.15, 0.2) is 0 Å². The van der Waals surface area contributed by atoms with Crippen molar-refractivity contribution >= 4 is 11.5 Å². The number of ether oxygens (including phenoxy) is 1. The molecule has 120 valence electrons. The summed E-state index contributed by atoms with van der Waals surface area (Å²) >= 11 is 0. The lowest BCUT2D eigenvalue weighted by molar-refractivity contribution is -0.127. The van der Waals surface area contributed by atoms with Crippen LogP contribution in [0.1, 0.15) is 30.8 Å². The minimum absolute atomic E-state index is 0.0134. The molecule has 1 aromatic carbocycles. The molecule has 1 amide bonds. The number of allylic oxidation sites excluding steroid dienone is 1. The fourth-order valence-corrected chi connectivity index (χ4v) is 2.90. The van der Waals surface area contributed by atoms with E-state index in [-0.39, 0.29) is 18.1 Å². The maximum Gasteiger partial charge on any atom is 0.247 e. The SMILES string of the molecule is CO[C@@H]1C[C@@H](c2ncn[nH]2)N(C(=O)/C=C(\C)c2ccccc2)C1. The van der Waals surface area contributed by atoms with Gasteiger partial charge in [0, 0.05) is 26.2 Å². The molecule has 0 bridgehead atoms. The Morgan fingerprint density at radius 2 is 2.17 bits per heavy atom. The molecule has 1 aliphatic heterocycles. The van der Waals surface area contributed by atoms with Gasteiger partial charge in [-0.15, -0.1) is 0 Å². The second-order valence-corrected chi connectivity index (χ2v) is 5.66. The first-order chi connectivity index (χ1) is 11.2. The zero-order valence-corrected chi connectivity index (χ0v) is 13.3. The summed E-state index contributed by atoms with van der Waals surface area (Å²) in [6, 6.07) is 9.75. The van der Waals surface area contributed by atoms with Crippen molar-refractivity contribution in [2.45, 2.75) is 25.5 Å². The molecule has 6 heteroatoms. The van der Waals surface area contributed by atoms with Crippen molar-refractivity contribution in [2.24, 2.45) is 0 Å². The molecule has 0 aliphatic carbocycles. The summed E-state index contributed by atoms with van der Waals surface area (Å²) in [5.74, 6) is 0.663. The fraction of sp³-hybridized carbons (Fsp3) is 0.353. The highest BCUT2D eigenvalue weighted by Crippen LogP contribution is 2.31. The highest BCUT2D eigenvalue weighted by atomic mass is 16.5. The summed E-state index contributed by atoms with van der Waals surface area (Å²) in [5.41, 5.74) is 1.98. The molecule has 1 aromatic heterocycles. The quantitative estimate of drug-likeness (QED) is 0.879. The summed E-state index contributed by atoms with van der Waals surface area (Å²) in [6.45, 7) is 2.50. The van der Waals surface area contributed by atoms with Gasteiger partial charge >= 0.3 is 0 Å². The van der Waals surface area contributed by atoms with Crippen LogP contribution in [-0.4, -0.2) is 45.7 Å². The van der Waals surface area contributed by atoms with E-state index in [1.807, 2.05) is 37.3 Å². The van der Waals surface area contributed by atoms with Gasteiger partial charge in [-0.25, -0.2) is 4.98 Å². The third kappa shape index (κ3) is 3.32. The molecule has 6 nitrogen and oxygen atoms in total. The summed E-state index contributed by atoms with van der Waals surface area (Å²) < 4.78 is 5.43. The summed E-state index contributed by atoms with van der Waals surface area (Å²) in [5, 5.41) is 6.75. The van der Waals surface area contributed by atoms with Crippen molar-refractivity contribution in [3.05, 3.63) is 54.1 Å². The highest BCUT2D eigenvalue weighted by molar-refractivity contribution is 5.95. The van der Waals surface area contributed by atoms with E-state index in [0.29, 0.717) is 12.4 Å². The number of rotatable bonds is 4. The van der Waals surface area contributed by atoms with E-state index in [1.54, 1.807) is 18.1 Å². The number of amides is 1. The molecule has 3 rings (SSSR count). The molecular weight excluding hydrogens is 292 g/mol. The Kier molecular flexibility index (Phi) is 4.52. The van der Waals surface area contributed by atoms with E-state index in [9.17, 15) is 4.79 Å². The highest BCUT2D eigenvalue weighted by Gasteiger charge is 2.37. The number of carbonyl (C=O) groups is 1. The average molecular weight is 312 g/mol. The number of H-pyrrole nitrogens is 1. The van der Waals surface area contributed by atoms with E-state index in [0.717, 1.165) is 17.6 Å². The third-order valence-corrected chi connectivity index (χ3v) is 4.20. The minimum atomic E-state index is -0.130. The molecular formula is C17H20N4O2. The topological polar surface area (TPSA) is 71.1 Å². The van der Waals surface area contributed by atoms with Crippen molar-refractivity contribution in [3.8, 4) is 0 Å². The monoisotopic (exact) mass is 312 g/mol. The molecule has 2 aromatic rings. The van der Waals surface area contributed by atoms with Crippen molar-refractivity contribution in [3.63, 3.8) is 0 Å². The number of hydrogen-bond acceptors (Lipinski definition) is 4. The summed E-state index contributed by atoms with van der Waals surface area (Å²) in [6.07, 6.45) is 3.87. The standard InChI is InChI=1S/C17H20N4O2/c1-12(13-6-4-3-5-7-13)8-16(22)21-10-14(23-2)9-15(21)17-18-11-19-20-17/h3-8,11,14-15H,9-10H2,1-2H3,(H,18,19,20)/b12-8+/t14-,15+/m1/s1. The number of nitrogens with one attached hydrogen (secondary N) is 1. The zero-order valence-electron chi connectivity index (χ0n) is 13.3. The number of methoxy groups -OCH3 is 1. The van der Waals surface area contributed by atoms with Crippen LogP contribution in [0.4, 0.5) is 0 Å². The Bertz CT molecular complexity index is 682. The third-order valence-electron chi connectivity index (χ3n) is 4.20. The van der Waals surface area contributed by atoms with Gasteiger partial charge in [-0.2, -0.15) is 5.10 Å². The number of carbonyl (C=O) groups excluding carboxylic acids is 1. The Hall–Kier alpha value is -2.47. The van der Waals surface area contributed by atoms with Crippen LogP contribution in [0.5, 0.6) is 0 Å². The number of aromatic nitrogens is 3. The average Bonchev–Trinajstić information content (AvgIpc) is 3.24.